The van der Waals surface area contributed by atoms with Crippen molar-refractivity contribution >= 4 is 43.2 Å². The highest BCUT2D eigenvalue weighted by molar-refractivity contribution is 9.10. The van der Waals surface area contributed by atoms with Crippen molar-refractivity contribution in [3.05, 3.63) is 57.3 Å². The number of pyridine rings is 1. The molecular formula is C26H36BrClN4O2S. The normalized spacial score (nSPS) is 23.2. The number of rotatable bonds is 7. The van der Waals surface area contributed by atoms with E-state index in [1.165, 1.54) is 18.4 Å². The zero-order chi connectivity index (χ0) is 25.0. The molecule has 2 aliphatic rings. The van der Waals surface area contributed by atoms with Gasteiger partial charge in [0, 0.05) is 29.0 Å². The number of piperidine rings is 1. The van der Waals surface area contributed by atoms with E-state index in [1.54, 1.807) is 12.3 Å². The maximum atomic E-state index is 11.5. The number of halogens is 2. The van der Waals surface area contributed by atoms with Gasteiger partial charge in [-0.25, -0.2) is 8.42 Å². The number of nitrogens with zero attached hydrogens (tertiary/aromatic N) is 3. The Labute approximate surface area is 223 Å². The molecule has 3 heterocycles. The minimum atomic E-state index is -3.35. The first-order valence-corrected chi connectivity index (χ1v) is 15.6. The molecule has 1 aromatic heterocycles. The predicted molar refractivity (Wildman–Crippen MR) is 148 cm³/mol. The lowest BCUT2D eigenvalue weighted by molar-refractivity contribution is 0.0700. The minimum Gasteiger partial charge on any atom is -0.299 e. The summed E-state index contributed by atoms with van der Waals surface area (Å²) >= 11 is 10.1. The second-order valence-corrected chi connectivity index (χ2v) is 13.0. The lowest BCUT2D eigenvalue weighted by atomic mass is 9.91. The summed E-state index contributed by atoms with van der Waals surface area (Å²) in [6.07, 6.45) is 9.48. The summed E-state index contributed by atoms with van der Waals surface area (Å²) in [5.41, 5.74) is 2.69. The topological polar surface area (TPSA) is 65.5 Å². The highest BCUT2D eigenvalue weighted by Crippen LogP contribution is 2.37. The first-order valence-electron chi connectivity index (χ1n) is 12.6. The summed E-state index contributed by atoms with van der Waals surface area (Å²) in [5.74, 6) is 0.294. The Bertz CT molecular complexity index is 1090. The van der Waals surface area contributed by atoms with Gasteiger partial charge in [-0.1, -0.05) is 46.6 Å². The first-order chi connectivity index (χ1) is 16.7. The van der Waals surface area contributed by atoms with Gasteiger partial charge in [0.1, 0.15) is 0 Å². The summed E-state index contributed by atoms with van der Waals surface area (Å²) in [7, 11) is -3.35. The Morgan fingerprint density at radius 1 is 1.14 bits per heavy atom. The van der Waals surface area contributed by atoms with Gasteiger partial charge in [-0.2, -0.15) is 0 Å². The molecule has 2 fully saturated rings. The number of likely N-dealkylation sites (tertiary alicyclic amines) is 2. The summed E-state index contributed by atoms with van der Waals surface area (Å²) in [6, 6.07) is 11.5. The van der Waals surface area contributed by atoms with Crippen LogP contribution in [0, 0.1) is 0 Å². The van der Waals surface area contributed by atoms with Crippen molar-refractivity contribution in [2.75, 3.05) is 30.6 Å². The number of hydrogen-bond donors (Lipinski definition) is 1. The van der Waals surface area contributed by atoms with Crippen LogP contribution in [-0.2, 0) is 16.6 Å². The van der Waals surface area contributed by atoms with Crippen LogP contribution in [0.5, 0.6) is 0 Å². The van der Waals surface area contributed by atoms with Gasteiger partial charge in [0.25, 0.3) is 0 Å². The van der Waals surface area contributed by atoms with Crippen LogP contribution in [-0.4, -0.2) is 61.2 Å². The van der Waals surface area contributed by atoms with Gasteiger partial charge in [-0.05, 0) is 81.9 Å². The molecule has 2 aromatic rings. The van der Waals surface area contributed by atoms with Crippen LogP contribution in [0.1, 0.15) is 62.6 Å². The van der Waals surface area contributed by atoms with E-state index in [4.69, 9.17) is 11.6 Å². The second-order valence-electron chi connectivity index (χ2n) is 9.97. The molecule has 6 nitrogen and oxygen atoms in total. The maximum absolute atomic E-state index is 11.5. The monoisotopic (exact) mass is 582 g/mol. The molecule has 1 aromatic carbocycles. The molecule has 0 radical (unpaired) electrons. The smallest absolute Gasteiger partial charge is 0.229 e. The Balaban J connectivity index is 1.37. The molecule has 0 aliphatic carbocycles. The van der Waals surface area contributed by atoms with Gasteiger partial charge in [-0.15, -0.1) is 0 Å². The molecule has 0 bridgehead atoms. The second kappa shape index (κ2) is 11.9. The third-order valence-corrected chi connectivity index (χ3v) is 8.81. The molecule has 2 aliphatic heterocycles. The average Bonchev–Trinajstić information content (AvgIpc) is 3.03. The zero-order valence-electron chi connectivity index (χ0n) is 20.6. The van der Waals surface area contributed by atoms with E-state index >= 15 is 0 Å². The van der Waals surface area contributed by atoms with Crippen molar-refractivity contribution < 1.29 is 8.42 Å². The van der Waals surface area contributed by atoms with Crippen LogP contribution in [0.15, 0.2) is 41.0 Å². The number of benzene rings is 1. The number of aromatic nitrogens is 1. The fourth-order valence-electron chi connectivity index (χ4n) is 5.69. The summed E-state index contributed by atoms with van der Waals surface area (Å²) < 4.78 is 26.7. The van der Waals surface area contributed by atoms with E-state index in [2.05, 4.69) is 66.6 Å². The number of anilines is 1. The molecule has 2 atom stereocenters. The maximum Gasteiger partial charge on any atom is 0.229 e. The highest BCUT2D eigenvalue weighted by atomic mass is 79.9. The number of hydrogen-bond acceptors (Lipinski definition) is 5. The van der Waals surface area contributed by atoms with Gasteiger partial charge in [0.05, 0.1) is 28.9 Å². The molecule has 0 amide bonds. The zero-order valence-corrected chi connectivity index (χ0v) is 23.7. The van der Waals surface area contributed by atoms with E-state index in [0.29, 0.717) is 28.7 Å². The van der Waals surface area contributed by atoms with Crippen LogP contribution in [0.2, 0.25) is 5.02 Å². The first kappa shape index (κ1) is 26.9. The Morgan fingerprint density at radius 2 is 1.86 bits per heavy atom. The predicted octanol–water partition coefficient (Wildman–Crippen LogP) is 5.88. The average molecular weight is 584 g/mol. The summed E-state index contributed by atoms with van der Waals surface area (Å²) in [5, 5.41) is 0.549. The quantitative estimate of drug-likeness (QED) is 0.441. The molecule has 1 unspecified atom stereocenters. The highest BCUT2D eigenvalue weighted by Gasteiger charge is 2.33. The lowest BCUT2D eigenvalue weighted by Gasteiger charge is -2.42. The Morgan fingerprint density at radius 3 is 2.49 bits per heavy atom. The molecule has 4 rings (SSSR count). The standard InChI is InChI=1S/C26H36BrClN4O2S/c1-3-23-15-20(26-25(28)16-22(17-29-26)30-35(2,33)34)5-4-12-32(23)24-10-13-31(14-11-24)18-19-6-8-21(27)9-7-19/h6-9,16-17,20,23-24,30H,3-5,10-15,18H2,1-2H3/t20?,23-/m0/s1. The van der Waals surface area contributed by atoms with Gasteiger partial charge >= 0.3 is 0 Å². The van der Waals surface area contributed by atoms with E-state index < -0.39 is 10.0 Å². The van der Waals surface area contributed by atoms with Crippen LogP contribution in [0.4, 0.5) is 5.69 Å². The third-order valence-electron chi connectivity index (χ3n) is 7.37. The van der Waals surface area contributed by atoms with E-state index in [1.807, 2.05) is 0 Å². The van der Waals surface area contributed by atoms with Crippen LogP contribution in [0.3, 0.4) is 0 Å². The van der Waals surface area contributed by atoms with Crippen molar-refractivity contribution in [1.82, 2.24) is 14.8 Å². The van der Waals surface area contributed by atoms with Crippen LogP contribution in [0.25, 0.3) is 0 Å². The van der Waals surface area contributed by atoms with Crippen molar-refractivity contribution in [2.45, 2.75) is 70.0 Å². The molecule has 9 heteroatoms. The largest absolute Gasteiger partial charge is 0.299 e. The molecule has 0 saturated carbocycles. The molecule has 35 heavy (non-hydrogen) atoms. The van der Waals surface area contributed by atoms with E-state index in [0.717, 1.165) is 68.3 Å². The fraction of sp³-hybridized carbons (Fsp3) is 0.577. The van der Waals surface area contributed by atoms with Crippen molar-refractivity contribution in [3.8, 4) is 0 Å². The molecule has 1 N–H and O–H groups in total. The van der Waals surface area contributed by atoms with Crippen molar-refractivity contribution in [2.24, 2.45) is 0 Å². The van der Waals surface area contributed by atoms with Gasteiger partial charge in [-0.3, -0.25) is 19.5 Å². The lowest BCUT2D eigenvalue weighted by Crippen LogP contribution is -2.48. The number of sulfonamides is 1. The van der Waals surface area contributed by atoms with Crippen LogP contribution < -0.4 is 4.72 Å². The molecule has 2 saturated heterocycles. The fourth-order valence-corrected chi connectivity index (χ4v) is 6.82. The van der Waals surface area contributed by atoms with Crippen LogP contribution >= 0.6 is 27.5 Å². The van der Waals surface area contributed by atoms with E-state index in [9.17, 15) is 8.42 Å². The molecule has 192 valence electrons. The summed E-state index contributed by atoms with van der Waals surface area (Å²) in [6.45, 7) is 6.71. The minimum absolute atomic E-state index is 0.294. The van der Waals surface area contributed by atoms with Gasteiger partial charge in [0.2, 0.25) is 10.0 Å². The van der Waals surface area contributed by atoms with Gasteiger partial charge < -0.3 is 0 Å². The summed E-state index contributed by atoms with van der Waals surface area (Å²) in [4.78, 5) is 9.95. The Hall–Kier alpha value is -1.19. The van der Waals surface area contributed by atoms with Gasteiger partial charge in [0.15, 0.2) is 0 Å². The SMILES string of the molecule is CC[C@H]1CC(c2ncc(NS(C)(=O)=O)cc2Cl)CCCN1C1CCN(Cc2ccc(Br)cc2)CC1. The van der Waals surface area contributed by atoms with Crippen molar-refractivity contribution in [3.63, 3.8) is 0 Å². The van der Waals surface area contributed by atoms with Crippen molar-refractivity contribution in [1.29, 1.82) is 0 Å². The third kappa shape index (κ3) is 7.41. The van der Waals surface area contributed by atoms with E-state index in [-0.39, 0.29) is 0 Å². The Kier molecular flexibility index (Phi) is 9.14. The molecule has 0 spiro atoms. The number of nitrogens with one attached hydrogen (secondary N) is 1. The molecular weight excluding hydrogens is 548 g/mol.